The summed E-state index contributed by atoms with van der Waals surface area (Å²) in [5.41, 5.74) is 1.55. The van der Waals surface area contributed by atoms with Crippen LogP contribution in [-0.2, 0) is 21.5 Å². The SMILES string of the molecule is CC(=O)c1ccc(C(=O)Nc2cnn(CC(=O)NCC3(c4ccccc4)CCOCC3)c2)s1. The van der Waals surface area contributed by atoms with Crippen LogP contribution in [0.4, 0.5) is 5.69 Å². The number of anilines is 1. The van der Waals surface area contributed by atoms with Crippen molar-refractivity contribution in [1.82, 2.24) is 15.1 Å². The topological polar surface area (TPSA) is 102 Å². The van der Waals surface area contributed by atoms with Gasteiger partial charge in [-0.2, -0.15) is 5.10 Å². The molecular formula is C24H26N4O4S. The minimum absolute atomic E-state index is 0.0464. The first-order valence-electron chi connectivity index (χ1n) is 10.8. The number of carbonyl (C=O) groups excluding carboxylic acids is 3. The van der Waals surface area contributed by atoms with Crippen molar-refractivity contribution >= 4 is 34.6 Å². The van der Waals surface area contributed by atoms with Crippen LogP contribution >= 0.6 is 11.3 Å². The summed E-state index contributed by atoms with van der Waals surface area (Å²) in [6.07, 6.45) is 4.81. The van der Waals surface area contributed by atoms with Gasteiger partial charge in [-0.3, -0.25) is 19.1 Å². The Balaban J connectivity index is 1.33. The molecule has 1 saturated heterocycles. The van der Waals surface area contributed by atoms with E-state index in [-0.39, 0.29) is 29.6 Å². The molecule has 0 saturated carbocycles. The smallest absolute Gasteiger partial charge is 0.265 e. The zero-order chi connectivity index (χ0) is 23.3. The Hall–Kier alpha value is -3.30. The van der Waals surface area contributed by atoms with E-state index in [1.807, 2.05) is 18.2 Å². The molecule has 2 amide bonds. The van der Waals surface area contributed by atoms with E-state index in [9.17, 15) is 14.4 Å². The largest absolute Gasteiger partial charge is 0.381 e. The molecule has 9 heteroatoms. The predicted octanol–water partition coefficient (Wildman–Crippen LogP) is 3.26. The lowest BCUT2D eigenvalue weighted by Gasteiger charge is -2.38. The van der Waals surface area contributed by atoms with E-state index >= 15 is 0 Å². The maximum absolute atomic E-state index is 12.6. The second kappa shape index (κ2) is 10.1. The number of thiophene rings is 1. The molecule has 0 radical (unpaired) electrons. The van der Waals surface area contributed by atoms with Crippen LogP contribution < -0.4 is 10.6 Å². The van der Waals surface area contributed by atoms with Gasteiger partial charge in [0.1, 0.15) is 6.54 Å². The number of rotatable bonds is 8. The monoisotopic (exact) mass is 466 g/mol. The van der Waals surface area contributed by atoms with Gasteiger partial charge in [0.25, 0.3) is 5.91 Å². The van der Waals surface area contributed by atoms with E-state index in [0.717, 1.165) is 24.2 Å². The molecule has 3 aromatic rings. The Morgan fingerprint density at radius 2 is 1.82 bits per heavy atom. The molecule has 2 N–H and O–H groups in total. The molecule has 1 aliphatic heterocycles. The minimum Gasteiger partial charge on any atom is -0.381 e. The second-order valence-corrected chi connectivity index (χ2v) is 9.22. The Kier molecular flexibility index (Phi) is 7.00. The molecule has 8 nitrogen and oxygen atoms in total. The van der Waals surface area contributed by atoms with E-state index in [1.54, 1.807) is 18.3 Å². The fourth-order valence-electron chi connectivity index (χ4n) is 3.95. The summed E-state index contributed by atoms with van der Waals surface area (Å²) in [5, 5.41) is 9.98. The van der Waals surface area contributed by atoms with Gasteiger partial charge >= 0.3 is 0 Å². The molecule has 1 aliphatic rings. The average molecular weight is 467 g/mol. The summed E-state index contributed by atoms with van der Waals surface area (Å²) >= 11 is 1.14. The van der Waals surface area contributed by atoms with Crippen LogP contribution in [0.5, 0.6) is 0 Å². The van der Waals surface area contributed by atoms with E-state index < -0.39 is 0 Å². The van der Waals surface area contributed by atoms with Crippen molar-refractivity contribution in [1.29, 1.82) is 0 Å². The lowest BCUT2D eigenvalue weighted by Crippen LogP contribution is -2.45. The Labute approximate surface area is 195 Å². The summed E-state index contributed by atoms with van der Waals surface area (Å²) in [4.78, 5) is 37.4. The number of amides is 2. The van der Waals surface area contributed by atoms with Gasteiger partial charge in [0.2, 0.25) is 5.91 Å². The maximum Gasteiger partial charge on any atom is 0.265 e. The van der Waals surface area contributed by atoms with Crippen molar-refractivity contribution in [2.75, 3.05) is 25.1 Å². The fourth-order valence-corrected chi connectivity index (χ4v) is 4.75. The third kappa shape index (κ3) is 5.55. The van der Waals surface area contributed by atoms with Crippen molar-refractivity contribution in [3.63, 3.8) is 0 Å². The summed E-state index contributed by atoms with van der Waals surface area (Å²) in [7, 11) is 0. The summed E-state index contributed by atoms with van der Waals surface area (Å²) in [6.45, 7) is 3.38. The highest BCUT2D eigenvalue weighted by Gasteiger charge is 2.34. The van der Waals surface area contributed by atoms with Crippen molar-refractivity contribution in [2.45, 2.75) is 31.7 Å². The van der Waals surface area contributed by atoms with Crippen LogP contribution in [0, 0.1) is 0 Å². The second-order valence-electron chi connectivity index (χ2n) is 8.14. The molecule has 3 heterocycles. The lowest BCUT2D eigenvalue weighted by atomic mass is 9.74. The van der Waals surface area contributed by atoms with E-state index in [0.29, 0.717) is 35.2 Å². The van der Waals surface area contributed by atoms with Crippen molar-refractivity contribution < 1.29 is 19.1 Å². The van der Waals surface area contributed by atoms with E-state index in [1.165, 1.54) is 23.4 Å². The van der Waals surface area contributed by atoms with Gasteiger partial charge in [-0.1, -0.05) is 30.3 Å². The van der Waals surface area contributed by atoms with Crippen LogP contribution in [0.15, 0.2) is 54.9 Å². The number of nitrogens with zero attached hydrogens (tertiary/aromatic N) is 2. The lowest BCUT2D eigenvalue weighted by molar-refractivity contribution is -0.122. The molecule has 1 fully saturated rings. The zero-order valence-corrected chi connectivity index (χ0v) is 19.2. The first-order chi connectivity index (χ1) is 15.9. The van der Waals surface area contributed by atoms with Gasteiger partial charge in [-0.05, 0) is 37.5 Å². The standard InChI is InChI=1S/C24H26N4O4S/c1-17(29)20-7-8-21(33-20)23(31)27-19-13-26-28(14-19)15-22(30)25-16-24(9-11-32-12-10-24)18-5-3-2-4-6-18/h2-8,13-14H,9-12,15-16H2,1H3,(H,25,30)(H,27,31). The molecule has 2 aromatic heterocycles. The van der Waals surface area contributed by atoms with Gasteiger partial charge in [-0.15, -0.1) is 11.3 Å². The summed E-state index contributed by atoms with van der Waals surface area (Å²) < 4.78 is 7.04. The number of ketones is 1. The number of aromatic nitrogens is 2. The van der Waals surface area contributed by atoms with E-state index in [2.05, 4.69) is 27.9 Å². The minimum atomic E-state index is -0.319. The Morgan fingerprint density at radius 3 is 2.52 bits per heavy atom. The molecule has 0 aliphatic carbocycles. The third-order valence-corrected chi connectivity index (χ3v) is 7.02. The van der Waals surface area contributed by atoms with Crippen LogP contribution in [0.1, 0.15) is 44.7 Å². The van der Waals surface area contributed by atoms with Crippen LogP contribution in [-0.4, -0.2) is 47.1 Å². The number of Topliss-reactive ketones (excluding diaryl/α,β-unsaturated/α-hetero) is 1. The first-order valence-corrected chi connectivity index (χ1v) is 11.6. The predicted molar refractivity (Wildman–Crippen MR) is 126 cm³/mol. The molecule has 0 spiro atoms. The highest BCUT2D eigenvalue weighted by atomic mass is 32.1. The van der Waals surface area contributed by atoms with Crippen molar-refractivity contribution in [3.8, 4) is 0 Å². The molecule has 1 aromatic carbocycles. The van der Waals surface area contributed by atoms with Crippen LogP contribution in [0.3, 0.4) is 0 Å². The highest BCUT2D eigenvalue weighted by molar-refractivity contribution is 7.16. The summed E-state index contributed by atoms with van der Waals surface area (Å²) in [5.74, 6) is -0.546. The van der Waals surface area contributed by atoms with Crippen LogP contribution in [0.25, 0.3) is 0 Å². The number of ether oxygens (including phenoxy) is 1. The fraction of sp³-hybridized carbons (Fsp3) is 0.333. The van der Waals surface area contributed by atoms with Gasteiger partial charge < -0.3 is 15.4 Å². The van der Waals surface area contributed by atoms with Crippen molar-refractivity contribution in [2.24, 2.45) is 0 Å². The van der Waals surface area contributed by atoms with Crippen molar-refractivity contribution in [3.05, 3.63) is 70.2 Å². The molecule has 33 heavy (non-hydrogen) atoms. The van der Waals surface area contributed by atoms with E-state index in [4.69, 9.17) is 4.74 Å². The number of benzene rings is 1. The van der Waals surface area contributed by atoms with Gasteiger partial charge in [-0.25, -0.2) is 0 Å². The number of nitrogens with one attached hydrogen (secondary N) is 2. The molecule has 4 rings (SSSR count). The highest BCUT2D eigenvalue weighted by Crippen LogP contribution is 2.34. The molecule has 0 unspecified atom stereocenters. The van der Waals surface area contributed by atoms with Gasteiger partial charge in [0.15, 0.2) is 5.78 Å². The quantitative estimate of drug-likeness (QED) is 0.496. The average Bonchev–Trinajstić information content (AvgIpc) is 3.49. The molecule has 0 bridgehead atoms. The number of hydrogen-bond acceptors (Lipinski definition) is 6. The van der Waals surface area contributed by atoms with Crippen LogP contribution in [0.2, 0.25) is 0 Å². The van der Waals surface area contributed by atoms with Gasteiger partial charge in [0.05, 0.1) is 21.6 Å². The Morgan fingerprint density at radius 1 is 1.09 bits per heavy atom. The zero-order valence-electron chi connectivity index (χ0n) is 18.4. The first kappa shape index (κ1) is 22.9. The van der Waals surface area contributed by atoms with Gasteiger partial charge in [0, 0.05) is 31.4 Å². The normalized spacial score (nSPS) is 15.1. The Bertz CT molecular complexity index is 1130. The third-order valence-electron chi connectivity index (χ3n) is 5.83. The number of hydrogen-bond donors (Lipinski definition) is 2. The molecular weight excluding hydrogens is 440 g/mol. The number of carbonyl (C=O) groups is 3. The summed E-state index contributed by atoms with van der Waals surface area (Å²) in [6, 6.07) is 13.5. The maximum atomic E-state index is 12.6. The molecule has 0 atom stereocenters. The molecule has 172 valence electrons.